The second-order valence-corrected chi connectivity index (χ2v) is 6.65. The normalized spacial score (nSPS) is 12.7. The quantitative estimate of drug-likeness (QED) is 0.662. The van der Waals surface area contributed by atoms with Gasteiger partial charge in [-0.05, 0) is 63.4 Å². The molecule has 2 aromatic carbocycles. The Labute approximate surface area is 135 Å². The molecule has 0 aliphatic heterocycles. The Morgan fingerprint density at radius 3 is 2.81 bits per heavy atom. The van der Waals surface area contributed by atoms with Gasteiger partial charge in [-0.25, -0.2) is 4.39 Å². The summed E-state index contributed by atoms with van der Waals surface area (Å²) in [7, 11) is 1.91. The zero-order chi connectivity index (χ0) is 14.8. The number of thiophene rings is 1. The summed E-state index contributed by atoms with van der Waals surface area (Å²) in [5, 5.41) is 6.78. The van der Waals surface area contributed by atoms with Gasteiger partial charge in [-0.2, -0.15) is 0 Å². The van der Waals surface area contributed by atoms with Gasteiger partial charge in [-0.1, -0.05) is 30.3 Å². The van der Waals surface area contributed by atoms with Gasteiger partial charge in [0.25, 0.3) is 0 Å². The third kappa shape index (κ3) is 2.89. The maximum Gasteiger partial charge on any atom is 0.137 e. The van der Waals surface area contributed by atoms with Crippen molar-refractivity contribution in [2.24, 2.45) is 0 Å². The van der Waals surface area contributed by atoms with Gasteiger partial charge >= 0.3 is 0 Å². The van der Waals surface area contributed by atoms with Crippen LogP contribution >= 0.6 is 27.3 Å². The van der Waals surface area contributed by atoms with E-state index >= 15 is 0 Å². The average molecular weight is 364 g/mol. The van der Waals surface area contributed by atoms with Crippen molar-refractivity contribution >= 4 is 37.4 Å². The minimum Gasteiger partial charge on any atom is -0.313 e. The highest BCUT2D eigenvalue weighted by atomic mass is 79.9. The SMILES string of the molecule is CNC(Cc1csc2ccccc12)c1cccc(F)c1Br. The zero-order valence-electron chi connectivity index (χ0n) is 11.6. The van der Waals surface area contributed by atoms with E-state index in [1.807, 2.05) is 13.1 Å². The summed E-state index contributed by atoms with van der Waals surface area (Å²) < 4.78 is 15.6. The Bertz CT molecular complexity index is 768. The molecule has 1 N–H and O–H groups in total. The van der Waals surface area contributed by atoms with Crippen LogP contribution in [0.2, 0.25) is 0 Å². The molecule has 0 spiro atoms. The van der Waals surface area contributed by atoms with E-state index in [0.717, 1.165) is 12.0 Å². The summed E-state index contributed by atoms with van der Waals surface area (Å²) in [5.74, 6) is -0.220. The molecule has 0 fully saturated rings. The van der Waals surface area contributed by atoms with Gasteiger partial charge in [-0.3, -0.25) is 0 Å². The number of likely N-dealkylation sites (N-methyl/N-ethyl adjacent to an activating group) is 1. The predicted molar refractivity (Wildman–Crippen MR) is 91.4 cm³/mol. The molecule has 3 aromatic rings. The van der Waals surface area contributed by atoms with Crippen LogP contribution in [-0.4, -0.2) is 7.05 Å². The number of hydrogen-bond acceptors (Lipinski definition) is 2. The lowest BCUT2D eigenvalue weighted by molar-refractivity contribution is 0.573. The molecule has 1 aromatic heterocycles. The van der Waals surface area contributed by atoms with Gasteiger partial charge in [0.2, 0.25) is 0 Å². The Kier molecular flexibility index (Phi) is 4.38. The number of nitrogens with one attached hydrogen (secondary N) is 1. The number of rotatable bonds is 4. The van der Waals surface area contributed by atoms with E-state index in [-0.39, 0.29) is 11.9 Å². The second-order valence-electron chi connectivity index (χ2n) is 4.95. The van der Waals surface area contributed by atoms with E-state index in [4.69, 9.17) is 0 Å². The van der Waals surface area contributed by atoms with Crippen molar-refractivity contribution in [3.05, 3.63) is 69.3 Å². The predicted octanol–water partition coefficient (Wildman–Crippen LogP) is 5.31. The Morgan fingerprint density at radius 2 is 2.00 bits per heavy atom. The van der Waals surface area contributed by atoms with Crippen LogP contribution in [0.1, 0.15) is 17.2 Å². The van der Waals surface area contributed by atoms with Crippen molar-refractivity contribution in [2.75, 3.05) is 7.05 Å². The lowest BCUT2D eigenvalue weighted by Gasteiger charge is -2.18. The minimum atomic E-state index is -0.220. The topological polar surface area (TPSA) is 12.0 Å². The standard InChI is InChI=1S/C17H15BrFNS/c1-20-15(13-6-4-7-14(19)17(13)18)9-11-10-21-16-8-3-2-5-12(11)16/h2-8,10,15,20H,9H2,1H3. The molecular weight excluding hydrogens is 349 g/mol. The van der Waals surface area contributed by atoms with Crippen molar-refractivity contribution in [1.82, 2.24) is 5.32 Å². The van der Waals surface area contributed by atoms with Crippen LogP contribution in [0.5, 0.6) is 0 Å². The van der Waals surface area contributed by atoms with Crippen molar-refractivity contribution in [3.63, 3.8) is 0 Å². The lowest BCUT2D eigenvalue weighted by Crippen LogP contribution is -2.19. The van der Waals surface area contributed by atoms with E-state index in [1.54, 1.807) is 17.4 Å². The van der Waals surface area contributed by atoms with Crippen LogP contribution in [0.4, 0.5) is 4.39 Å². The minimum absolute atomic E-state index is 0.0769. The summed E-state index contributed by atoms with van der Waals surface area (Å²) in [6.07, 6.45) is 0.836. The lowest BCUT2D eigenvalue weighted by atomic mass is 9.98. The number of hydrogen-bond donors (Lipinski definition) is 1. The van der Waals surface area contributed by atoms with Gasteiger partial charge in [-0.15, -0.1) is 11.3 Å². The van der Waals surface area contributed by atoms with Crippen LogP contribution in [0.15, 0.2) is 52.3 Å². The molecule has 0 radical (unpaired) electrons. The molecule has 4 heteroatoms. The molecule has 0 aliphatic rings. The van der Waals surface area contributed by atoms with Crippen LogP contribution in [0.3, 0.4) is 0 Å². The number of fused-ring (bicyclic) bond motifs is 1. The maximum atomic E-state index is 13.7. The summed E-state index contributed by atoms with van der Waals surface area (Å²) in [4.78, 5) is 0. The summed E-state index contributed by atoms with van der Waals surface area (Å²) >= 11 is 5.12. The molecule has 1 unspecified atom stereocenters. The average Bonchev–Trinajstić information content (AvgIpc) is 2.91. The molecule has 1 heterocycles. The molecule has 108 valence electrons. The van der Waals surface area contributed by atoms with Crippen LogP contribution in [0, 0.1) is 5.82 Å². The van der Waals surface area contributed by atoms with Crippen LogP contribution in [0.25, 0.3) is 10.1 Å². The van der Waals surface area contributed by atoms with E-state index in [1.165, 1.54) is 21.7 Å². The summed E-state index contributed by atoms with van der Waals surface area (Å²) in [6, 6.07) is 13.7. The Morgan fingerprint density at radius 1 is 1.19 bits per heavy atom. The first-order chi connectivity index (χ1) is 10.2. The molecule has 1 nitrogen and oxygen atoms in total. The van der Waals surface area contributed by atoms with Gasteiger partial charge in [0.1, 0.15) is 5.82 Å². The van der Waals surface area contributed by atoms with Crippen LogP contribution in [-0.2, 0) is 6.42 Å². The highest BCUT2D eigenvalue weighted by molar-refractivity contribution is 9.10. The van der Waals surface area contributed by atoms with E-state index < -0.39 is 0 Å². The fraction of sp³-hybridized carbons (Fsp3) is 0.176. The molecule has 0 amide bonds. The Balaban J connectivity index is 1.96. The zero-order valence-corrected chi connectivity index (χ0v) is 14.0. The molecular formula is C17H15BrFNS. The molecule has 1 atom stereocenters. The first-order valence-corrected chi connectivity index (χ1v) is 8.44. The van der Waals surface area contributed by atoms with Gasteiger partial charge in [0.15, 0.2) is 0 Å². The molecule has 21 heavy (non-hydrogen) atoms. The van der Waals surface area contributed by atoms with Crippen molar-refractivity contribution in [3.8, 4) is 0 Å². The smallest absolute Gasteiger partial charge is 0.137 e. The second kappa shape index (κ2) is 6.26. The number of halogens is 2. The summed E-state index contributed by atoms with van der Waals surface area (Å²) in [5.41, 5.74) is 2.25. The number of benzene rings is 2. The Hall–Kier alpha value is -1.23. The fourth-order valence-corrected chi connectivity index (χ4v) is 4.08. The first-order valence-electron chi connectivity index (χ1n) is 6.77. The molecule has 0 saturated carbocycles. The van der Waals surface area contributed by atoms with Gasteiger partial charge in [0, 0.05) is 10.7 Å². The highest BCUT2D eigenvalue weighted by Gasteiger charge is 2.17. The van der Waals surface area contributed by atoms with E-state index in [0.29, 0.717) is 4.47 Å². The molecule has 0 aliphatic carbocycles. The van der Waals surface area contributed by atoms with E-state index in [2.05, 4.69) is 50.9 Å². The van der Waals surface area contributed by atoms with Crippen molar-refractivity contribution in [2.45, 2.75) is 12.5 Å². The molecule has 0 saturated heterocycles. The monoisotopic (exact) mass is 363 g/mol. The first kappa shape index (κ1) is 14.7. The largest absolute Gasteiger partial charge is 0.313 e. The molecule has 3 rings (SSSR count). The fourth-order valence-electron chi connectivity index (χ4n) is 2.57. The third-order valence-electron chi connectivity index (χ3n) is 3.69. The van der Waals surface area contributed by atoms with E-state index in [9.17, 15) is 4.39 Å². The molecule has 0 bridgehead atoms. The maximum absolute atomic E-state index is 13.7. The van der Waals surface area contributed by atoms with Crippen molar-refractivity contribution in [1.29, 1.82) is 0 Å². The van der Waals surface area contributed by atoms with Crippen molar-refractivity contribution < 1.29 is 4.39 Å². The summed E-state index contributed by atoms with van der Waals surface area (Å²) in [6.45, 7) is 0. The van der Waals surface area contributed by atoms with Gasteiger partial charge < -0.3 is 5.32 Å². The third-order valence-corrected chi connectivity index (χ3v) is 5.54. The highest BCUT2D eigenvalue weighted by Crippen LogP contribution is 2.32. The van der Waals surface area contributed by atoms with Crippen LogP contribution < -0.4 is 5.32 Å². The van der Waals surface area contributed by atoms with Gasteiger partial charge in [0.05, 0.1) is 4.47 Å².